The Labute approximate surface area is 270 Å². The van der Waals surface area contributed by atoms with Gasteiger partial charge in [0.1, 0.15) is 30.2 Å². The molecule has 7 rings (SSSR count). The molecule has 2 spiro atoms. The maximum Gasteiger partial charge on any atom is 0.339 e. The average molecular weight is 643 g/mol. The van der Waals surface area contributed by atoms with Gasteiger partial charge >= 0.3 is 11.9 Å². The molecule has 2 aliphatic carbocycles. The summed E-state index contributed by atoms with van der Waals surface area (Å²) in [4.78, 5) is 41.3. The number of aliphatic hydroxyl groups is 2. The lowest BCUT2D eigenvalue weighted by molar-refractivity contribution is -0.252. The van der Waals surface area contributed by atoms with Gasteiger partial charge in [0, 0.05) is 34.8 Å². The quantitative estimate of drug-likeness (QED) is 0.292. The van der Waals surface area contributed by atoms with Crippen molar-refractivity contribution in [2.75, 3.05) is 13.2 Å². The number of hydrogen-bond acceptors (Lipinski definition) is 10. The summed E-state index contributed by atoms with van der Waals surface area (Å²) in [6, 6.07) is 1.84. The van der Waals surface area contributed by atoms with Crippen LogP contribution in [0, 0.1) is 39.9 Å². The van der Waals surface area contributed by atoms with Crippen molar-refractivity contribution in [1.82, 2.24) is 0 Å². The molecule has 0 bridgehead atoms. The highest BCUT2D eigenvalue weighted by molar-refractivity contribution is 5.92. The highest BCUT2D eigenvalue weighted by atomic mass is 16.7. The van der Waals surface area contributed by atoms with Crippen LogP contribution in [0.3, 0.4) is 0 Å². The second-order valence-corrected chi connectivity index (χ2v) is 16.2. The molecule has 12 atom stereocenters. The number of aliphatic hydroxyl groups excluding tert-OH is 2. The van der Waals surface area contributed by atoms with Crippen molar-refractivity contribution < 1.29 is 48.0 Å². The molecule has 4 saturated heterocycles. The van der Waals surface area contributed by atoms with E-state index in [9.17, 15) is 24.6 Å². The van der Waals surface area contributed by atoms with Crippen LogP contribution in [0.5, 0.6) is 0 Å². The number of rotatable bonds is 9. The van der Waals surface area contributed by atoms with Gasteiger partial charge in [-0.05, 0) is 62.8 Å². The van der Waals surface area contributed by atoms with E-state index < -0.39 is 63.8 Å². The number of carbonyl (C=O) groups excluding carboxylic acids is 3. The van der Waals surface area contributed by atoms with E-state index in [0.717, 1.165) is 24.8 Å². The van der Waals surface area contributed by atoms with Gasteiger partial charge in [0.25, 0.3) is 0 Å². The number of Topliss-reactive ketones (excluding diaryl/α,β-unsaturated/α-hetero) is 1. The van der Waals surface area contributed by atoms with Crippen LogP contribution in [0.15, 0.2) is 16.7 Å². The summed E-state index contributed by atoms with van der Waals surface area (Å²) in [5.41, 5.74) is -4.18. The van der Waals surface area contributed by atoms with Crippen molar-refractivity contribution in [1.29, 1.82) is 0 Å². The van der Waals surface area contributed by atoms with Gasteiger partial charge in [-0.25, -0.2) is 4.79 Å². The first-order valence-electron chi connectivity index (χ1n) is 17.4. The number of fused-ring (bicyclic) bond motifs is 1. The Morgan fingerprint density at radius 2 is 1.83 bits per heavy atom. The first-order valence-corrected chi connectivity index (χ1v) is 17.4. The third kappa shape index (κ3) is 3.93. The summed E-state index contributed by atoms with van der Waals surface area (Å²) < 4.78 is 31.4. The first-order chi connectivity index (χ1) is 21.7. The number of epoxide rings is 1. The van der Waals surface area contributed by atoms with Gasteiger partial charge in [-0.2, -0.15) is 0 Å². The van der Waals surface area contributed by atoms with Gasteiger partial charge in [0.05, 0.1) is 30.3 Å². The molecule has 2 saturated carbocycles. The monoisotopic (exact) mass is 642 g/mol. The van der Waals surface area contributed by atoms with E-state index in [0.29, 0.717) is 37.4 Å². The largest absolute Gasteiger partial charge is 0.469 e. The summed E-state index contributed by atoms with van der Waals surface area (Å²) >= 11 is 0. The Hall–Kier alpha value is -2.27. The average Bonchev–Trinajstić information content (AvgIpc) is 3.56. The summed E-state index contributed by atoms with van der Waals surface area (Å²) in [6.07, 6.45) is 2.89. The summed E-state index contributed by atoms with van der Waals surface area (Å²) in [5.74, 6) is -1.12. The van der Waals surface area contributed by atoms with E-state index in [4.69, 9.17) is 23.4 Å². The van der Waals surface area contributed by atoms with E-state index in [1.807, 2.05) is 19.9 Å². The number of ether oxygens (including phenoxy) is 4. The molecule has 254 valence electrons. The Bertz CT molecular complexity index is 1420. The highest BCUT2D eigenvalue weighted by Crippen LogP contribution is 2.80. The number of ketones is 1. The van der Waals surface area contributed by atoms with Crippen molar-refractivity contribution in [3.05, 3.63) is 23.7 Å². The molecule has 0 amide bonds. The van der Waals surface area contributed by atoms with E-state index in [2.05, 4.69) is 27.7 Å². The van der Waals surface area contributed by atoms with Crippen LogP contribution >= 0.6 is 0 Å². The molecular weight excluding hydrogens is 592 g/mol. The zero-order chi connectivity index (χ0) is 33.0. The Kier molecular flexibility index (Phi) is 7.45. The van der Waals surface area contributed by atoms with Gasteiger partial charge in [-0.1, -0.05) is 41.0 Å². The summed E-state index contributed by atoms with van der Waals surface area (Å²) in [6.45, 7) is 12.3. The number of cyclic esters (lactones) is 2. The predicted molar refractivity (Wildman–Crippen MR) is 163 cm³/mol. The van der Waals surface area contributed by atoms with Gasteiger partial charge in [-0.15, -0.1) is 0 Å². The van der Waals surface area contributed by atoms with Crippen LogP contribution < -0.4 is 0 Å². The molecule has 0 radical (unpaired) electrons. The van der Waals surface area contributed by atoms with Crippen LogP contribution in [0.1, 0.15) is 104 Å². The fourth-order valence-corrected chi connectivity index (χ4v) is 11.4. The molecule has 6 fully saturated rings. The summed E-state index contributed by atoms with van der Waals surface area (Å²) in [5, 5.41) is 22.4. The van der Waals surface area contributed by atoms with Crippen molar-refractivity contribution in [3.63, 3.8) is 0 Å². The normalized spacial score (nSPS) is 46.4. The van der Waals surface area contributed by atoms with E-state index in [1.54, 1.807) is 6.26 Å². The maximum absolute atomic E-state index is 14.8. The number of carbonyl (C=O) groups is 3. The maximum atomic E-state index is 14.8. The van der Waals surface area contributed by atoms with Gasteiger partial charge in [-0.3, -0.25) is 9.59 Å². The molecule has 10 heteroatoms. The standard InChI is InChI=1S/C36H50O10/c1-7-8-20(17-37)15-22-21(11-14-42-22)29-32(4)12-10-23-34(6,36(32)30(46-36)31(41)44-29)28(40)26(39)27-33(5,13-9-19(2)3)45-24-16-25(38)43-18-35(23,24)27/h11,14,19-20,23-24,27-30,37,40H,7-10,12-13,15-18H2,1-6H3/t20-,23+,24-,27-,28+,29+,30+,32+,33-,34-,35+,36-/m0/s1. The van der Waals surface area contributed by atoms with Gasteiger partial charge < -0.3 is 33.6 Å². The second kappa shape index (κ2) is 10.6. The Morgan fingerprint density at radius 3 is 2.52 bits per heavy atom. The smallest absolute Gasteiger partial charge is 0.339 e. The molecule has 2 N–H and O–H groups in total. The zero-order valence-corrected chi connectivity index (χ0v) is 28.0. The summed E-state index contributed by atoms with van der Waals surface area (Å²) in [7, 11) is 0. The lowest BCUT2D eigenvalue weighted by Gasteiger charge is -2.66. The van der Waals surface area contributed by atoms with Crippen LogP contribution in [0.2, 0.25) is 0 Å². The molecule has 6 aliphatic rings. The van der Waals surface area contributed by atoms with Crippen molar-refractivity contribution in [2.45, 2.75) is 129 Å². The topological polar surface area (TPSA) is 145 Å². The fraction of sp³-hybridized carbons (Fsp3) is 0.806. The minimum atomic E-state index is -1.42. The van der Waals surface area contributed by atoms with Crippen molar-refractivity contribution >= 4 is 17.7 Å². The van der Waals surface area contributed by atoms with Crippen LogP contribution in [0.25, 0.3) is 0 Å². The molecule has 10 nitrogen and oxygen atoms in total. The van der Waals surface area contributed by atoms with E-state index >= 15 is 0 Å². The van der Waals surface area contributed by atoms with Crippen LogP contribution in [-0.2, 0) is 39.8 Å². The third-order valence-electron chi connectivity index (χ3n) is 13.4. The first kappa shape index (κ1) is 32.3. The van der Waals surface area contributed by atoms with Crippen molar-refractivity contribution in [3.8, 4) is 0 Å². The number of esters is 2. The minimum Gasteiger partial charge on any atom is -0.469 e. The second-order valence-electron chi connectivity index (χ2n) is 16.2. The van der Waals surface area contributed by atoms with E-state index in [-0.39, 0.29) is 43.2 Å². The minimum absolute atomic E-state index is 0.00118. The fourth-order valence-electron chi connectivity index (χ4n) is 11.4. The number of hydrogen-bond donors (Lipinski definition) is 2. The molecular formula is C36H50O10. The molecule has 5 heterocycles. The van der Waals surface area contributed by atoms with Gasteiger partial charge in [0.2, 0.25) is 0 Å². The van der Waals surface area contributed by atoms with Crippen LogP contribution in [-0.4, -0.2) is 70.7 Å². The molecule has 46 heavy (non-hydrogen) atoms. The van der Waals surface area contributed by atoms with Gasteiger partial charge in [0.15, 0.2) is 11.9 Å². The molecule has 0 unspecified atom stereocenters. The third-order valence-corrected chi connectivity index (χ3v) is 13.4. The lowest BCUT2D eigenvalue weighted by Crippen LogP contribution is -2.76. The molecule has 1 aromatic heterocycles. The Morgan fingerprint density at radius 1 is 1.07 bits per heavy atom. The van der Waals surface area contributed by atoms with Crippen molar-refractivity contribution in [2.24, 2.45) is 39.9 Å². The SMILES string of the molecule is CCC[C@H](CO)Cc1occc1[C@H]1OC(=O)[C@H]2O[C@@]23[C@]2(C)[C@H](O)C(=O)[C@@H]4[C@]5(COC(=O)C[C@@H]5O[C@@]4(C)CCC(C)C)[C@@H]2CC[C@]13C. The number of furan rings is 1. The Balaban J connectivity index is 1.33. The highest BCUT2D eigenvalue weighted by Gasteiger charge is 2.90. The zero-order valence-electron chi connectivity index (χ0n) is 28.0. The van der Waals surface area contributed by atoms with E-state index in [1.165, 1.54) is 0 Å². The van der Waals surface area contributed by atoms with Crippen LogP contribution in [0.4, 0.5) is 0 Å². The predicted octanol–water partition coefficient (Wildman–Crippen LogP) is 4.48. The molecule has 4 aliphatic heterocycles. The molecule has 0 aromatic carbocycles. The molecule has 1 aromatic rings. The lowest BCUT2D eigenvalue weighted by atomic mass is 9.36.